The van der Waals surface area contributed by atoms with Crippen molar-refractivity contribution in [1.82, 2.24) is 0 Å². The third-order valence-electron chi connectivity index (χ3n) is 3.64. The van der Waals surface area contributed by atoms with E-state index in [0.29, 0.717) is 0 Å². The summed E-state index contributed by atoms with van der Waals surface area (Å²) in [6.07, 6.45) is -20.7. The van der Waals surface area contributed by atoms with Crippen LogP contribution < -0.4 is 5.32 Å². The first-order valence-electron chi connectivity index (χ1n) is 7.88. The van der Waals surface area contributed by atoms with Crippen LogP contribution in [0.25, 0.3) is 0 Å². The Hall–Kier alpha value is -2.41. The Bertz CT molecular complexity index is 952. The second kappa shape index (κ2) is 8.50. The summed E-state index contributed by atoms with van der Waals surface area (Å²) in [5.74, 6) is 0. The maximum atomic E-state index is 12.9. The first kappa shape index (κ1) is 25.8. The molecule has 175 valence electrons. The van der Waals surface area contributed by atoms with Gasteiger partial charge in [-0.3, -0.25) is 0 Å². The summed E-state index contributed by atoms with van der Waals surface area (Å²) in [6, 6.07) is 0.630. The molecule has 0 heterocycles. The van der Waals surface area contributed by atoms with Crippen LogP contribution in [0.3, 0.4) is 0 Å². The number of hydrogen-bond donors (Lipinski definition) is 1. The number of aliphatic imine (C=N–C) groups is 1. The second-order valence-electron chi connectivity index (χ2n) is 6.10. The van der Waals surface area contributed by atoms with Crippen LogP contribution in [0.4, 0.5) is 64.1 Å². The number of anilines is 1. The molecule has 0 atom stereocenters. The van der Waals surface area contributed by atoms with Gasteiger partial charge in [-0.1, -0.05) is 0 Å². The van der Waals surface area contributed by atoms with Crippen molar-refractivity contribution in [3.63, 3.8) is 0 Å². The van der Waals surface area contributed by atoms with Crippen molar-refractivity contribution in [2.24, 2.45) is 4.99 Å². The third-order valence-corrected chi connectivity index (χ3v) is 4.05. The van der Waals surface area contributed by atoms with Gasteiger partial charge in [-0.15, -0.1) is 0 Å². The van der Waals surface area contributed by atoms with Gasteiger partial charge in [-0.25, -0.2) is 0 Å². The van der Waals surface area contributed by atoms with Crippen LogP contribution in [0.5, 0.6) is 0 Å². The molecule has 0 aliphatic carbocycles. The van der Waals surface area contributed by atoms with Gasteiger partial charge < -0.3 is 0 Å². The molecular weight excluding hydrogens is 539 g/mol. The molecule has 0 spiro atoms. The van der Waals surface area contributed by atoms with E-state index in [2.05, 4.69) is 4.99 Å². The van der Waals surface area contributed by atoms with E-state index in [0.717, 1.165) is 0 Å². The van der Waals surface area contributed by atoms with Gasteiger partial charge in [0.1, 0.15) is 0 Å². The van der Waals surface area contributed by atoms with Crippen LogP contribution in [0.1, 0.15) is 22.3 Å². The van der Waals surface area contributed by atoms with E-state index in [-0.39, 0.29) is 36.4 Å². The molecule has 0 aliphatic rings. The summed E-state index contributed by atoms with van der Waals surface area (Å²) >= 11 is 2.02. The summed E-state index contributed by atoms with van der Waals surface area (Å²) in [5.41, 5.74) is -8.53. The van der Waals surface area contributed by atoms with Crippen molar-refractivity contribution in [1.29, 1.82) is 0 Å². The van der Waals surface area contributed by atoms with Gasteiger partial charge in [0.05, 0.1) is 0 Å². The average molecular weight is 546 g/mol. The zero-order valence-electron chi connectivity index (χ0n) is 14.9. The molecule has 15 heteroatoms. The average Bonchev–Trinajstić information content (AvgIpc) is 2.58. The molecule has 2 aromatic carbocycles. The van der Waals surface area contributed by atoms with Crippen LogP contribution in [0.2, 0.25) is 0 Å². The number of hydrogen-bond acceptors (Lipinski definition) is 1. The Morgan fingerprint density at radius 1 is 0.562 bits per heavy atom. The zero-order chi connectivity index (χ0) is 24.7. The normalized spacial score (nSPS) is 13.9. The molecule has 2 nitrogen and oxygen atoms in total. The zero-order valence-corrected chi connectivity index (χ0v) is 16.6. The Balaban J connectivity index is 2.51. The Kier molecular flexibility index (Phi) is 6.87. The molecule has 0 aromatic heterocycles. The predicted octanol–water partition coefficient (Wildman–Crippen LogP) is 7.03. The minimum atomic E-state index is -5.18. The number of alkyl halides is 12. The minimum absolute atomic E-state index is 0.163. The van der Waals surface area contributed by atoms with Gasteiger partial charge in [0.15, 0.2) is 0 Å². The van der Waals surface area contributed by atoms with Gasteiger partial charge in [0.2, 0.25) is 0 Å². The number of nitrogens with zero attached hydrogens (tertiary/aromatic N) is 1. The number of rotatable bonds is 2. The summed E-state index contributed by atoms with van der Waals surface area (Å²) in [4.78, 5) is 3.37. The molecule has 0 unspecified atom stereocenters. The van der Waals surface area contributed by atoms with Gasteiger partial charge in [0.25, 0.3) is 0 Å². The van der Waals surface area contributed by atoms with E-state index < -0.39 is 63.1 Å². The Morgan fingerprint density at radius 2 is 0.875 bits per heavy atom. The third kappa shape index (κ3) is 6.79. The second-order valence-corrected chi connectivity index (χ2v) is 6.91. The van der Waals surface area contributed by atoms with E-state index >= 15 is 0 Å². The molecule has 0 saturated carbocycles. The van der Waals surface area contributed by atoms with Gasteiger partial charge in [-0.2, -0.15) is 0 Å². The van der Waals surface area contributed by atoms with Crippen molar-refractivity contribution in [3.05, 3.63) is 58.7 Å². The fourth-order valence-corrected chi connectivity index (χ4v) is 2.77. The SMILES string of the molecule is FC(F)(F)c1cc(N=C([Se])Nc2cc(C(F)(F)F)cc(C(F)(F)F)c2)cc(C(F)(F)F)c1. The van der Waals surface area contributed by atoms with E-state index in [1.54, 1.807) is 0 Å². The molecule has 0 bridgehead atoms. The maximum absolute atomic E-state index is 12.9. The summed E-state index contributed by atoms with van der Waals surface area (Å²) in [7, 11) is 0. The van der Waals surface area contributed by atoms with E-state index in [9.17, 15) is 52.7 Å². The van der Waals surface area contributed by atoms with Gasteiger partial charge >= 0.3 is 178 Å². The molecule has 1 radical (unpaired) electrons. The number of benzene rings is 2. The topological polar surface area (TPSA) is 24.4 Å². The summed E-state index contributed by atoms with van der Waals surface area (Å²) in [6.45, 7) is 0. The molecule has 2 rings (SSSR count). The van der Waals surface area contributed by atoms with E-state index in [4.69, 9.17) is 0 Å². The molecule has 0 saturated heterocycles. The van der Waals surface area contributed by atoms with Gasteiger partial charge in [0, 0.05) is 0 Å². The molecular formula is C17H7F12N2Se. The first-order valence-corrected chi connectivity index (χ1v) is 8.74. The quantitative estimate of drug-likeness (QED) is 0.186. The predicted molar refractivity (Wildman–Crippen MR) is 89.4 cm³/mol. The first-order chi connectivity index (χ1) is 14.3. The van der Waals surface area contributed by atoms with Crippen LogP contribution in [0.15, 0.2) is 41.4 Å². The molecule has 1 N–H and O–H groups in total. The number of halogens is 12. The van der Waals surface area contributed by atoms with Crippen molar-refractivity contribution in [3.8, 4) is 0 Å². The molecule has 0 amide bonds. The monoisotopic (exact) mass is 547 g/mol. The van der Waals surface area contributed by atoms with Crippen molar-refractivity contribution < 1.29 is 52.7 Å². The van der Waals surface area contributed by atoms with Crippen LogP contribution in [0, 0.1) is 0 Å². The molecule has 2 aromatic rings. The van der Waals surface area contributed by atoms with Crippen LogP contribution in [-0.2, 0) is 24.7 Å². The molecule has 32 heavy (non-hydrogen) atoms. The Morgan fingerprint density at radius 3 is 1.19 bits per heavy atom. The van der Waals surface area contributed by atoms with E-state index in [1.165, 1.54) is 0 Å². The van der Waals surface area contributed by atoms with Crippen LogP contribution >= 0.6 is 0 Å². The summed E-state index contributed by atoms with van der Waals surface area (Å²) in [5, 5.41) is 1.96. The van der Waals surface area contributed by atoms with Gasteiger partial charge in [-0.05, 0) is 0 Å². The van der Waals surface area contributed by atoms with Crippen molar-refractivity contribution in [2.75, 3.05) is 5.32 Å². The molecule has 0 fully saturated rings. The van der Waals surface area contributed by atoms with E-state index in [1.807, 2.05) is 21.3 Å². The fraction of sp³-hybridized carbons (Fsp3) is 0.235. The number of amidine groups is 1. The Labute approximate surface area is 179 Å². The molecule has 0 aliphatic heterocycles. The standard InChI is InChI=1S/C17H7F12N2Se/c18-14(19,20)7-1-8(15(21,22)23)4-11(3-7)30-13(32)31-12-5-9(16(24,25)26)2-10(6-12)17(27,28)29/h1-6H,(H,30,31). The van der Waals surface area contributed by atoms with Crippen LogP contribution in [-0.4, -0.2) is 20.7 Å². The number of nitrogens with one attached hydrogen (secondary N) is 1. The van der Waals surface area contributed by atoms with Crippen molar-refractivity contribution >= 4 is 32.1 Å². The summed E-state index contributed by atoms with van der Waals surface area (Å²) < 4.78 is 154. The fourth-order valence-electron chi connectivity index (χ4n) is 2.30. The van der Waals surface area contributed by atoms with Crippen molar-refractivity contribution in [2.45, 2.75) is 24.7 Å².